The predicted octanol–water partition coefficient (Wildman–Crippen LogP) is 3.49. The Kier molecular flexibility index (Phi) is 3.89. The fraction of sp³-hybridized carbons (Fsp3) is 0.421. The minimum Gasteiger partial charge on any atom is -0.469 e. The second-order valence-electron chi connectivity index (χ2n) is 7.03. The van der Waals surface area contributed by atoms with Crippen molar-refractivity contribution in [2.45, 2.75) is 31.2 Å². The summed E-state index contributed by atoms with van der Waals surface area (Å²) in [5, 5.41) is 5.47. The zero-order chi connectivity index (χ0) is 17.5. The van der Waals surface area contributed by atoms with Crippen LogP contribution in [0.5, 0.6) is 0 Å². The van der Waals surface area contributed by atoms with Crippen LogP contribution in [0.3, 0.4) is 0 Å². The molecule has 0 radical (unpaired) electrons. The quantitative estimate of drug-likeness (QED) is 0.746. The first-order valence-corrected chi connectivity index (χ1v) is 9.95. The third-order valence-electron chi connectivity index (χ3n) is 5.42. The molecule has 1 aliphatic carbocycles. The van der Waals surface area contributed by atoms with Crippen LogP contribution in [0.25, 0.3) is 10.2 Å². The molecule has 3 aromatic rings. The van der Waals surface area contributed by atoms with Crippen LogP contribution in [0.2, 0.25) is 0 Å². The monoisotopic (exact) mass is 368 g/mol. The molecule has 1 unspecified atom stereocenters. The van der Waals surface area contributed by atoms with Crippen molar-refractivity contribution in [3.63, 3.8) is 0 Å². The van der Waals surface area contributed by atoms with Crippen LogP contribution in [0.15, 0.2) is 40.6 Å². The van der Waals surface area contributed by atoms with E-state index in [0.717, 1.165) is 54.1 Å². The van der Waals surface area contributed by atoms with Gasteiger partial charge in [-0.3, -0.25) is 4.79 Å². The molecule has 5 rings (SSSR count). The normalized spacial score (nSPS) is 24.9. The van der Waals surface area contributed by atoms with Crippen molar-refractivity contribution >= 4 is 33.3 Å². The first-order valence-electron chi connectivity index (χ1n) is 9.07. The number of likely N-dealkylation sites (tertiary alicyclic amines) is 1. The first kappa shape index (κ1) is 15.8. The number of furan rings is 1. The molecule has 3 aromatic heterocycles. The third-order valence-corrected chi connectivity index (χ3v) is 6.34. The molecule has 1 aliphatic heterocycles. The summed E-state index contributed by atoms with van der Waals surface area (Å²) in [7, 11) is 0. The van der Waals surface area contributed by atoms with Crippen molar-refractivity contribution in [3.05, 3.63) is 41.9 Å². The van der Waals surface area contributed by atoms with Crippen LogP contribution in [0.4, 0.5) is 5.82 Å². The SMILES string of the molecule is O=C([C@@H]1C[C@H]1c1ccco1)N1CCCC1CNc1ncnc2ccsc12. The minimum atomic E-state index is 0.0878. The molecule has 0 spiro atoms. The van der Waals surface area contributed by atoms with Gasteiger partial charge in [-0.2, -0.15) is 0 Å². The maximum Gasteiger partial charge on any atom is 0.226 e. The number of rotatable bonds is 5. The summed E-state index contributed by atoms with van der Waals surface area (Å²) in [5.74, 6) is 2.44. The van der Waals surface area contributed by atoms with E-state index < -0.39 is 0 Å². The Labute approximate surface area is 155 Å². The average molecular weight is 368 g/mol. The number of hydrogen-bond acceptors (Lipinski definition) is 6. The van der Waals surface area contributed by atoms with Gasteiger partial charge in [0.2, 0.25) is 5.91 Å². The molecule has 26 heavy (non-hydrogen) atoms. The second-order valence-corrected chi connectivity index (χ2v) is 7.95. The van der Waals surface area contributed by atoms with E-state index in [9.17, 15) is 4.79 Å². The molecule has 1 N–H and O–H groups in total. The van der Waals surface area contributed by atoms with Gasteiger partial charge in [0.25, 0.3) is 0 Å². The molecule has 0 aromatic carbocycles. The minimum absolute atomic E-state index is 0.0878. The fourth-order valence-electron chi connectivity index (χ4n) is 3.96. The number of carbonyl (C=O) groups is 1. The Bertz CT molecular complexity index is 923. The second kappa shape index (κ2) is 6.39. The van der Waals surface area contributed by atoms with E-state index in [2.05, 4.69) is 20.2 Å². The highest BCUT2D eigenvalue weighted by Crippen LogP contribution is 2.49. The largest absolute Gasteiger partial charge is 0.469 e. The van der Waals surface area contributed by atoms with Gasteiger partial charge in [-0.15, -0.1) is 11.3 Å². The van der Waals surface area contributed by atoms with Gasteiger partial charge in [-0.05, 0) is 42.8 Å². The van der Waals surface area contributed by atoms with Gasteiger partial charge >= 0.3 is 0 Å². The maximum absolute atomic E-state index is 12.9. The number of aromatic nitrogens is 2. The average Bonchev–Trinajstić information content (AvgIpc) is 3.12. The van der Waals surface area contributed by atoms with E-state index >= 15 is 0 Å². The van der Waals surface area contributed by atoms with Crippen LogP contribution in [0.1, 0.15) is 30.9 Å². The summed E-state index contributed by atoms with van der Waals surface area (Å²) >= 11 is 1.64. The molecule has 4 heterocycles. The fourth-order valence-corrected chi connectivity index (χ4v) is 4.78. The lowest BCUT2D eigenvalue weighted by Gasteiger charge is -2.25. The van der Waals surface area contributed by atoms with Gasteiger partial charge in [-0.25, -0.2) is 9.97 Å². The molecular weight excluding hydrogens is 348 g/mol. The summed E-state index contributed by atoms with van der Waals surface area (Å²) in [4.78, 5) is 23.7. The van der Waals surface area contributed by atoms with Crippen LogP contribution in [-0.4, -0.2) is 39.9 Å². The van der Waals surface area contributed by atoms with E-state index in [1.165, 1.54) is 0 Å². The molecule has 1 saturated carbocycles. The van der Waals surface area contributed by atoms with Gasteiger partial charge in [0.15, 0.2) is 0 Å². The number of hydrogen-bond donors (Lipinski definition) is 1. The summed E-state index contributed by atoms with van der Waals surface area (Å²) in [6.07, 6.45) is 6.28. The smallest absolute Gasteiger partial charge is 0.226 e. The molecule has 134 valence electrons. The van der Waals surface area contributed by atoms with Crippen LogP contribution in [-0.2, 0) is 4.79 Å². The van der Waals surface area contributed by atoms with E-state index in [0.29, 0.717) is 0 Å². The Hall–Kier alpha value is -2.41. The lowest BCUT2D eigenvalue weighted by molar-refractivity contribution is -0.133. The van der Waals surface area contributed by atoms with Crippen molar-refractivity contribution in [2.24, 2.45) is 5.92 Å². The Morgan fingerprint density at radius 1 is 1.38 bits per heavy atom. The molecule has 1 amide bonds. The Morgan fingerprint density at radius 2 is 2.35 bits per heavy atom. The molecule has 2 fully saturated rings. The summed E-state index contributed by atoms with van der Waals surface area (Å²) in [6, 6.07) is 6.10. The van der Waals surface area contributed by atoms with Crippen molar-refractivity contribution < 1.29 is 9.21 Å². The zero-order valence-electron chi connectivity index (χ0n) is 14.3. The molecule has 2 aliphatic rings. The number of fused-ring (bicyclic) bond motifs is 1. The number of nitrogens with one attached hydrogen (secondary N) is 1. The summed E-state index contributed by atoms with van der Waals surface area (Å²) < 4.78 is 6.54. The van der Waals surface area contributed by atoms with Gasteiger partial charge in [-0.1, -0.05) is 0 Å². The third kappa shape index (κ3) is 2.76. The first-order chi connectivity index (χ1) is 12.8. The lowest BCUT2D eigenvalue weighted by Crippen LogP contribution is -2.40. The summed E-state index contributed by atoms with van der Waals surface area (Å²) in [6.45, 7) is 1.58. The summed E-state index contributed by atoms with van der Waals surface area (Å²) in [5.41, 5.74) is 0.964. The van der Waals surface area contributed by atoms with Crippen molar-refractivity contribution in [3.8, 4) is 0 Å². The van der Waals surface area contributed by atoms with Crippen LogP contribution in [0, 0.1) is 5.92 Å². The van der Waals surface area contributed by atoms with Gasteiger partial charge in [0, 0.05) is 31.0 Å². The van der Waals surface area contributed by atoms with Crippen molar-refractivity contribution in [1.29, 1.82) is 0 Å². The van der Waals surface area contributed by atoms with Gasteiger partial charge in [0.1, 0.15) is 17.9 Å². The molecule has 6 nitrogen and oxygen atoms in total. The van der Waals surface area contributed by atoms with Crippen molar-refractivity contribution in [1.82, 2.24) is 14.9 Å². The number of nitrogens with zero attached hydrogens (tertiary/aromatic N) is 3. The Morgan fingerprint density at radius 3 is 3.23 bits per heavy atom. The van der Waals surface area contributed by atoms with Gasteiger partial charge in [0.05, 0.1) is 16.5 Å². The Balaban J connectivity index is 1.25. The highest BCUT2D eigenvalue weighted by molar-refractivity contribution is 7.17. The van der Waals surface area contributed by atoms with E-state index in [1.54, 1.807) is 23.9 Å². The number of carbonyl (C=O) groups excluding carboxylic acids is 1. The molecule has 0 bridgehead atoms. The molecule has 3 atom stereocenters. The molecule has 1 saturated heterocycles. The van der Waals surface area contributed by atoms with Crippen LogP contribution < -0.4 is 5.32 Å². The number of thiophene rings is 1. The number of anilines is 1. The zero-order valence-corrected chi connectivity index (χ0v) is 15.1. The highest BCUT2D eigenvalue weighted by atomic mass is 32.1. The van der Waals surface area contributed by atoms with Crippen molar-refractivity contribution in [2.75, 3.05) is 18.4 Å². The predicted molar refractivity (Wildman–Crippen MR) is 100 cm³/mol. The maximum atomic E-state index is 12.9. The highest BCUT2D eigenvalue weighted by Gasteiger charge is 2.49. The molecule has 7 heteroatoms. The number of amides is 1. The molecular formula is C19H20N4O2S. The standard InChI is InChI=1S/C19H20N4O2S/c24-19(14-9-13(14)16-4-2-7-25-16)23-6-1-3-12(23)10-20-18-17-15(5-8-26-17)21-11-22-18/h2,4-5,7-8,11-14H,1,3,6,9-10H2,(H,20,21,22)/t12?,13-,14-/m1/s1. The van der Waals surface area contributed by atoms with E-state index in [-0.39, 0.29) is 23.8 Å². The lowest BCUT2D eigenvalue weighted by atomic mass is 10.2. The van der Waals surface area contributed by atoms with E-state index in [1.807, 2.05) is 23.6 Å². The topological polar surface area (TPSA) is 71.3 Å². The van der Waals surface area contributed by atoms with E-state index in [4.69, 9.17) is 4.42 Å². The van der Waals surface area contributed by atoms with Gasteiger partial charge < -0.3 is 14.6 Å². The van der Waals surface area contributed by atoms with Crippen LogP contribution >= 0.6 is 11.3 Å².